The zero-order chi connectivity index (χ0) is 19.4. The van der Waals surface area contributed by atoms with E-state index >= 15 is 0 Å². The first-order chi connectivity index (χ1) is 13.0. The van der Waals surface area contributed by atoms with Gasteiger partial charge in [-0.2, -0.15) is 0 Å². The van der Waals surface area contributed by atoms with Crippen LogP contribution in [0, 0.1) is 0 Å². The molecule has 2 aromatic rings. The van der Waals surface area contributed by atoms with E-state index in [9.17, 15) is 14.7 Å². The van der Waals surface area contributed by atoms with Crippen LogP contribution in [-0.4, -0.2) is 48.4 Å². The maximum absolute atomic E-state index is 12.6. The molecule has 10 heteroatoms. The molecule has 27 heavy (non-hydrogen) atoms. The summed E-state index contributed by atoms with van der Waals surface area (Å²) < 4.78 is 16.4. The number of amides is 2. The lowest BCUT2D eigenvalue weighted by Crippen LogP contribution is -2.50. The molecule has 1 N–H and O–H groups in total. The van der Waals surface area contributed by atoms with Crippen LogP contribution in [0.3, 0.4) is 0 Å². The van der Waals surface area contributed by atoms with Gasteiger partial charge in [0.2, 0.25) is 5.91 Å². The maximum atomic E-state index is 12.6. The second-order valence-corrected chi connectivity index (χ2v) is 6.03. The Hall–Kier alpha value is -3.14. The fourth-order valence-electron chi connectivity index (χ4n) is 2.73. The van der Waals surface area contributed by atoms with E-state index in [-0.39, 0.29) is 37.1 Å². The first-order valence-electron chi connectivity index (χ1n) is 8.34. The molecule has 0 saturated carbocycles. The summed E-state index contributed by atoms with van der Waals surface area (Å²) in [5.41, 5.74) is 0.847. The van der Waals surface area contributed by atoms with Crippen molar-refractivity contribution in [3.8, 4) is 11.7 Å². The third-order valence-electron chi connectivity index (χ3n) is 4.23. The van der Waals surface area contributed by atoms with E-state index in [4.69, 9.17) is 9.47 Å². The number of hydrogen-bond acceptors (Lipinski definition) is 7. The van der Waals surface area contributed by atoms with Crippen LogP contribution in [0.25, 0.3) is 0 Å². The second-order valence-electron chi connectivity index (χ2n) is 6.03. The summed E-state index contributed by atoms with van der Waals surface area (Å²) in [7, 11) is 3.12. The highest BCUT2D eigenvalue weighted by molar-refractivity contribution is 5.95. The van der Waals surface area contributed by atoms with Gasteiger partial charge in [0.1, 0.15) is 18.4 Å². The zero-order valence-electron chi connectivity index (χ0n) is 15.0. The highest BCUT2D eigenvalue weighted by atomic mass is 16.6. The van der Waals surface area contributed by atoms with E-state index in [0.717, 1.165) is 0 Å². The van der Waals surface area contributed by atoms with Crippen molar-refractivity contribution in [2.75, 3.05) is 25.6 Å². The molecule has 2 amide bonds. The van der Waals surface area contributed by atoms with E-state index in [1.807, 2.05) is 0 Å². The second kappa shape index (κ2) is 8.04. The van der Waals surface area contributed by atoms with Gasteiger partial charge in [0, 0.05) is 12.2 Å². The number of aryl methyl sites for hydroxylation is 1. The molecular weight excluding hydrogens is 356 g/mol. The molecule has 1 saturated heterocycles. The lowest BCUT2D eigenvalue weighted by atomic mass is 10.1. The number of methoxy groups -OCH3 is 1. The molecule has 1 aromatic carbocycles. The number of rotatable bonds is 6. The van der Waals surface area contributed by atoms with Gasteiger partial charge in [-0.3, -0.25) is 9.59 Å². The first-order valence-corrected chi connectivity index (χ1v) is 8.34. The number of hydrogen-bond donors (Lipinski definition) is 1. The first kappa shape index (κ1) is 18.6. The van der Waals surface area contributed by atoms with Gasteiger partial charge in [0.25, 0.3) is 11.6 Å². The van der Waals surface area contributed by atoms with Gasteiger partial charge in [-0.05, 0) is 24.3 Å². The maximum Gasteiger partial charge on any atom is 0.252 e. The molecule has 0 spiro atoms. The minimum absolute atomic E-state index is 0.0532. The van der Waals surface area contributed by atoms with Crippen LogP contribution < -0.4 is 19.8 Å². The summed E-state index contributed by atoms with van der Waals surface area (Å²) in [5, 5.41) is 17.9. The smallest absolute Gasteiger partial charge is 0.252 e. The molecule has 2 heterocycles. The fourth-order valence-corrected chi connectivity index (χ4v) is 2.73. The van der Waals surface area contributed by atoms with E-state index in [0.29, 0.717) is 18.0 Å². The minimum Gasteiger partial charge on any atom is -0.539 e. The van der Waals surface area contributed by atoms with Crippen molar-refractivity contribution in [3.63, 3.8) is 0 Å². The van der Waals surface area contributed by atoms with Crippen LogP contribution in [0.5, 0.6) is 11.7 Å². The number of anilines is 1. The Morgan fingerprint density at radius 1 is 1.44 bits per heavy atom. The summed E-state index contributed by atoms with van der Waals surface area (Å²) in [6, 6.07) is 6.85. The molecule has 0 aliphatic carbocycles. The van der Waals surface area contributed by atoms with Crippen LogP contribution in [-0.2, 0) is 27.9 Å². The third-order valence-corrected chi connectivity index (χ3v) is 4.23. The number of nitrogens with one attached hydrogen (secondary N) is 1. The number of morpholine rings is 1. The van der Waals surface area contributed by atoms with Gasteiger partial charge in [-0.25, -0.2) is 0 Å². The summed E-state index contributed by atoms with van der Waals surface area (Å²) in [6.07, 6.45) is -1.03. The zero-order valence-corrected chi connectivity index (χ0v) is 15.0. The van der Waals surface area contributed by atoms with Gasteiger partial charge in [0.05, 0.1) is 25.4 Å². The highest BCUT2D eigenvalue weighted by Gasteiger charge is 2.33. The number of aromatic nitrogens is 2. The summed E-state index contributed by atoms with van der Waals surface area (Å²) in [6.45, 7) is 0.646. The summed E-state index contributed by atoms with van der Waals surface area (Å²) in [4.78, 5) is 26.3. The largest absolute Gasteiger partial charge is 0.539 e. The molecule has 1 fully saturated rings. The number of ether oxygens (including phenoxy) is 2. The van der Waals surface area contributed by atoms with Gasteiger partial charge in [0.15, 0.2) is 13.0 Å². The van der Waals surface area contributed by atoms with E-state index in [1.54, 1.807) is 38.4 Å². The van der Waals surface area contributed by atoms with Gasteiger partial charge < -0.3 is 29.3 Å². The van der Waals surface area contributed by atoms with Crippen LogP contribution in [0.4, 0.5) is 5.69 Å². The molecule has 3 rings (SSSR count). The average molecular weight is 376 g/mol. The van der Waals surface area contributed by atoms with Crippen molar-refractivity contribution in [1.29, 1.82) is 0 Å². The van der Waals surface area contributed by atoms with Gasteiger partial charge in [-0.1, -0.05) is 4.68 Å². The van der Waals surface area contributed by atoms with Crippen molar-refractivity contribution in [3.05, 3.63) is 30.0 Å². The quantitative estimate of drug-likeness (QED) is 0.664. The van der Waals surface area contributed by atoms with Crippen molar-refractivity contribution in [2.24, 2.45) is 7.05 Å². The molecule has 0 bridgehead atoms. The van der Waals surface area contributed by atoms with Gasteiger partial charge in [-0.15, -0.1) is 0 Å². The van der Waals surface area contributed by atoms with Crippen molar-refractivity contribution in [2.45, 2.75) is 19.1 Å². The van der Waals surface area contributed by atoms with Crippen LogP contribution in [0.1, 0.15) is 12.1 Å². The molecule has 1 aromatic heterocycles. The molecule has 10 nitrogen and oxygen atoms in total. The highest BCUT2D eigenvalue weighted by Crippen LogP contribution is 2.18. The number of carbonyl (C=O) groups is 2. The molecule has 1 aliphatic heterocycles. The van der Waals surface area contributed by atoms with Gasteiger partial charge >= 0.3 is 0 Å². The monoisotopic (exact) mass is 376 g/mol. The number of nitrogens with zero attached hydrogens (tertiary/aromatic N) is 3. The molecule has 1 unspecified atom stereocenters. The molecule has 144 valence electrons. The normalized spacial score (nSPS) is 17.0. The van der Waals surface area contributed by atoms with E-state index < -0.39 is 12.1 Å². The Balaban J connectivity index is 1.59. The Labute approximate surface area is 155 Å². The van der Waals surface area contributed by atoms with Crippen LogP contribution in [0.2, 0.25) is 0 Å². The predicted octanol–water partition coefficient (Wildman–Crippen LogP) is -0.662. The summed E-state index contributed by atoms with van der Waals surface area (Å²) in [5.74, 6) is -0.619. The van der Waals surface area contributed by atoms with E-state index in [2.05, 4.69) is 15.1 Å². The van der Waals surface area contributed by atoms with Crippen LogP contribution in [0.15, 0.2) is 28.8 Å². The third kappa shape index (κ3) is 4.34. The Bertz CT molecular complexity index is 800. The predicted molar refractivity (Wildman–Crippen MR) is 88.5 cm³/mol. The Morgan fingerprint density at radius 2 is 2.19 bits per heavy atom. The molecule has 1 aliphatic rings. The van der Waals surface area contributed by atoms with Crippen molar-refractivity contribution >= 4 is 17.5 Å². The van der Waals surface area contributed by atoms with Crippen molar-refractivity contribution in [1.82, 2.24) is 10.2 Å². The Morgan fingerprint density at radius 3 is 2.81 bits per heavy atom. The minimum atomic E-state index is -0.905. The average Bonchev–Trinajstić information content (AvgIpc) is 2.97. The topological polar surface area (TPSA) is 121 Å². The standard InChI is InChI=1S/C17H20N4O6/c1-20-13(17(24)27-19-20)10-21-7-8-26-14(16(21)23)9-15(22)18-11-3-5-12(25-2)6-4-11/h3-6,14H,7-10H2,1-2H3,(H-,18,19,22,24). The lowest BCUT2D eigenvalue weighted by Gasteiger charge is -2.31. The number of carbonyl (C=O) groups excluding carboxylic acids is 2. The van der Waals surface area contributed by atoms with Crippen LogP contribution >= 0.6 is 0 Å². The Kier molecular flexibility index (Phi) is 5.55. The number of benzene rings is 1. The SMILES string of the molecule is COc1ccc(NC(=O)CC2OCCN(Cc3c([O-])on[n+]3C)C2=O)cc1. The fraction of sp³-hybridized carbons (Fsp3) is 0.412. The molecule has 0 radical (unpaired) electrons. The molecular formula is C17H20N4O6. The van der Waals surface area contributed by atoms with E-state index in [1.165, 1.54) is 9.58 Å². The molecule has 1 atom stereocenters. The van der Waals surface area contributed by atoms with Crippen molar-refractivity contribution < 1.29 is 33.4 Å². The lowest BCUT2D eigenvalue weighted by molar-refractivity contribution is -0.746. The summed E-state index contributed by atoms with van der Waals surface area (Å²) >= 11 is 0.